The highest BCUT2D eigenvalue weighted by molar-refractivity contribution is 7.09. The highest BCUT2D eigenvalue weighted by Gasteiger charge is 2.32. The lowest BCUT2D eigenvalue weighted by molar-refractivity contribution is 0.00949. The van der Waals surface area contributed by atoms with E-state index in [1.807, 2.05) is 31.1 Å². The van der Waals surface area contributed by atoms with Crippen molar-refractivity contribution in [3.63, 3.8) is 0 Å². The average Bonchev–Trinajstić information content (AvgIpc) is 2.80. The van der Waals surface area contributed by atoms with E-state index in [1.165, 1.54) is 0 Å². The molecular weight excluding hydrogens is 248 g/mol. The molecule has 0 saturated carbocycles. The normalized spacial score (nSPS) is 20.8. The molecule has 1 aliphatic heterocycles. The van der Waals surface area contributed by atoms with Gasteiger partial charge in [0.05, 0.1) is 6.04 Å². The average molecular weight is 268 g/mol. The number of likely N-dealkylation sites (tertiary alicyclic amines) is 1. The van der Waals surface area contributed by atoms with Crippen LogP contribution in [0.2, 0.25) is 0 Å². The first-order valence-corrected chi connectivity index (χ1v) is 7.24. The first-order valence-electron chi connectivity index (χ1n) is 6.36. The second-order valence-electron chi connectivity index (χ2n) is 5.56. The maximum absolute atomic E-state index is 12.2. The highest BCUT2D eigenvalue weighted by atomic mass is 32.1. The van der Waals surface area contributed by atoms with Gasteiger partial charge in [0, 0.05) is 18.1 Å². The summed E-state index contributed by atoms with van der Waals surface area (Å²) in [6.07, 6.45) is 4.74. The van der Waals surface area contributed by atoms with Crippen LogP contribution in [-0.4, -0.2) is 28.1 Å². The lowest BCUT2D eigenvalue weighted by Crippen LogP contribution is -2.41. The number of carbonyl (C=O) groups is 1. The Morgan fingerprint density at radius 1 is 1.50 bits per heavy atom. The number of hydrogen-bond donors (Lipinski definition) is 0. The molecule has 1 aromatic heterocycles. The van der Waals surface area contributed by atoms with Crippen LogP contribution in [0.4, 0.5) is 4.79 Å². The minimum atomic E-state index is -0.443. The van der Waals surface area contributed by atoms with Crippen molar-refractivity contribution in [3.05, 3.63) is 16.6 Å². The van der Waals surface area contributed by atoms with Gasteiger partial charge >= 0.3 is 6.09 Å². The van der Waals surface area contributed by atoms with E-state index in [4.69, 9.17) is 4.74 Å². The number of aromatic nitrogens is 1. The molecule has 1 aromatic rings. The molecule has 4 nitrogen and oxygen atoms in total. The van der Waals surface area contributed by atoms with Crippen LogP contribution in [0.15, 0.2) is 11.6 Å². The standard InChI is InChI=1S/C13H20N2O2S/c1-13(2,3)17-12(16)15-8-5-4-6-10(15)11-14-7-9-18-11/h7,9-10H,4-6,8H2,1-3H3/t10-/m0/s1. The second-order valence-corrected chi connectivity index (χ2v) is 6.48. The van der Waals surface area contributed by atoms with Crippen molar-refractivity contribution in [2.24, 2.45) is 0 Å². The van der Waals surface area contributed by atoms with Gasteiger partial charge in [0.1, 0.15) is 10.6 Å². The molecule has 100 valence electrons. The van der Waals surface area contributed by atoms with Crippen LogP contribution in [0.3, 0.4) is 0 Å². The molecule has 0 aromatic carbocycles. The topological polar surface area (TPSA) is 42.4 Å². The number of ether oxygens (including phenoxy) is 1. The van der Waals surface area contributed by atoms with Crippen LogP contribution in [-0.2, 0) is 4.74 Å². The van der Waals surface area contributed by atoms with E-state index in [0.29, 0.717) is 0 Å². The third-order valence-electron chi connectivity index (χ3n) is 2.87. The molecule has 1 aliphatic rings. The number of thiazole rings is 1. The Kier molecular flexibility index (Phi) is 3.90. The maximum atomic E-state index is 12.2. The predicted octanol–water partition coefficient (Wildman–Crippen LogP) is 3.61. The molecule has 0 bridgehead atoms. The predicted molar refractivity (Wildman–Crippen MR) is 71.6 cm³/mol. The van der Waals surface area contributed by atoms with Crippen molar-refractivity contribution in [1.82, 2.24) is 9.88 Å². The molecule has 0 spiro atoms. The van der Waals surface area contributed by atoms with Gasteiger partial charge in [-0.15, -0.1) is 11.3 Å². The quantitative estimate of drug-likeness (QED) is 0.781. The first kappa shape index (κ1) is 13.3. The molecule has 0 unspecified atom stereocenters. The van der Waals surface area contributed by atoms with Crippen LogP contribution in [0.25, 0.3) is 0 Å². The van der Waals surface area contributed by atoms with E-state index in [-0.39, 0.29) is 12.1 Å². The monoisotopic (exact) mass is 268 g/mol. The Hall–Kier alpha value is -1.10. The van der Waals surface area contributed by atoms with E-state index in [9.17, 15) is 4.79 Å². The summed E-state index contributed by atoms with van der Waals surface area (Å²) in [6, 6.07) is 0.0913. The summed E-state index contributed by atoms with van der Waals surface area (Å²) >= 11 is 1.61. The third-order valence-corrected chi connectivity index (χ3v) is 3.74. The summed E-state index contributed by atoms with van der Waals surface area (Å²) in [5, 5.41) is 2.97. The van der Waals surface area contributed by atoms with Gasteiger partial charge in [0.2, 0.25) is 0 Å². The number of amides is 1. The van der Waals surface area contributed by atoms with Gasteiger partial charge in [-0.2, -0.15) is 0 Å². The van der Waals surface area contributed by atoms with Gasteiger partial charge in [-0.3, -0.25) is 4.90 Å². The number of carbonyl (C=O) groups excluding carboxylic acids is 1. The number of rotatable bonds is 1. The first-order chi connectivity index (χ1) is 8.47. The molecule has 2 rings (SSSR count). The lowest BCUT2D eigenvalue weighted by atomic mass is 10.0. The van der Waals surface area contributed by atoms with Crippen LogP contribution in [0, 0.1) is 0 Å². The molecule has 1 saturated heterocycles. The second kappa shape index (κ2) is 5.26. The molecule has 2 heterocycles. The van der Waals surface area contributed by atoms with E-state index in [2.05, 4.69) is 4.98 Å². The van der Waals surface area contributed by atoms with E-state index >= 15 is 0 Å². The maximum Gasteiger partial charge on any atom is 0.410 e. The molecule has 1 fully saturated rings. The largest absolute Gasteiger partial charge is 0.444 e. The third kappa shape index (κ3) is 3.22. The fourth-order valence-corrected chi connectivity index (χ4v) is 2.91. The summed E-state index contributed by atoms with van der Waals surface area (Å²) in [5.74, 6) is 0. The zero-order valence-corrected chi connectivity index (χ0v) is 12.0. The summed E-state index contributed by atoms with van der Waals surface area (Å²) in [7, 11) is 0. The Morgan fingerprint density at radius 2 is 2.28 bits per heavy atom. The summed E-state index contributed by atoms with van der Waals surface area (Å²) in [5.41, 5.74) is -0.443. The van der Waals surface area contributed by atoms with Crippen molar-refractivity contribution in [2.75, 3.05) is 6.54 Å². The van der Waals surface area contributed by atoms with Crippen molar-refractivity contribution in [3.8, 4) is 0 Å². The van der Waals surface area contributed by atoms with Gasteiger partial charge in [-0.1, -0.05) is 0 Å². The zero-order chi connectivity index (χ0) is 13.2. The van der Waals surface area contributed by atoms with Crippen molar-refractivity contribution in [1.29, 1.82) is 0 Å². The van der Waals surface area contributed by atoms with Crippen LogP contribution < -0.4 is 0 Å². The molecule has 0 radical (unpaired) electrons. The molecule has 1 atom stereocenters. The molecule has 5 heteroatoms. The fraction of sp³-hybridized carbons (Fsp3) is 0.692. The van der Waals surface area contributed by atoms with Gasteiger partial charge in [0.15, 0.2) is 0 Å². The minimum Gasteiger partial charge on any atom is -0.444 e. The van der Waals surface area contributed by atoms with Crippen molar-refractivity contribution in [2.45, 2.75) is 51.7 Å². The van der Waals surface area contributed by atoms with Gasteiger partial charge in [-0.05, 0) is 40.0 Å². The van der Waals surface area contributed by atoms with Gasteiger partial charge in [0.25, 0.3) is 0 Å². The molecule has 0 aliphatic carbocycles. The van der Waals surface area contributed by atoms with Gasteiger partial charge in [-0.25, -0.2) is 9.78 Å². The van der Waals surface area contributed by atoms with Gasteiger partial charge < -0.3 is 4.74 Å². The lowest BCUT2D eigenvalue weighted by Gasteiger charge is -2.35. The SMILES string of the molecule is CC(C)(C)OC(=O)N1CCCC[C@H]1c1nccs1. The van der Waals surface area contributed by atoms with E-state index in [1.54, 1.807) is 17.5 Å². The van der Waals surface area contributed by atoms with Crippen molar-refractivity contribution < 1.29 is 9.53 Å². The number of piperidine rings is 1. The Labute approximate surface area is 112 Å². The molecule has 0 N–H and O–H groups in total. The summed E-state index contributed by atoms with van der Waals surface area (Å²) in [6.45, 7) is 6.45. The molecule has 1 amide bonds. The van der Waals surface area contributed by atoms with Crippen LogP contribution in [0.5, 0.6) is 0 Å². The smallest absolute Gasteiger partial charge is 0.410 e. The summed E-state index contributed by atoms with van der Waals surface area (Å²) in [4.78, 5) is 18.4. The van der Waals surface area contributed by atoms with E-state index < -0.39 is 5.60 Å². The zero-order valence-electron chi connectivity index (χ0n) is 11.2. The fourth-order valence-electron chi connectivity index (χ4n) is 2.13. The van der Waals surface area contributed by atoms with Crippen LogP contribution >= 0.6 is 11.3 Å². The Morgan fingerprint density at radius 3 is 2.89 bits per heavy atom. The van der Waals surface area contributed by atoms with E-state index in [0.717, 1.165) is 30.8 Å². The van der Waals surface area contributed by atoms with Crippen molar-refractivity contribution >= 4 is 17.4 Å². The number of nitrogens with zero attached hydrogens (tertiary/aromatic N) is 2. The minimum absolute atomic E-state index is 0.0913. The number of hydrogen-bond acceptors (Lipinski definition) is 4. The molecule has 18 heavy (non-hydrogen) atoms. The highest BCUT2D eigenvalue weighted by Crippen LogP contribution is 2.32. The Balaban J connectivity index is 2.11. The molecular formula is C13H20N2O2S. The Bertz CT molecular complexity index is 398. The van der Waals surface area contributed by atoms with Crippen LogP contribution in [0.1, 0.15) is 51.1 Å². The summed E-state index contributed by atoms with van der Waals surface area (Å²) < 4.78 is 5.47.